The topological polar surface area (TPSA) is 38.3 Å². The number of hydrogen-bond acceptors (Lipinski definition) is 2. The molecule has 4 heteroatoms. The number of carbonyl (C=O) groups is 1. The molecule has 0 radical (unpaired) electrons. The van der Waals surface area contributed by atoms with Gasteiger partial charge in [-0.05, 0) is 6.07 Å². The molecule has 0 aromatic heterocycles. The minimum Gasteiger partial charge on any atom is -0.379 e. The average molecular weight is 167 g/mol. The molecule has 2 rings (SSSR count). The van der Waals surface area contributed by atoms with Gasteiger partial charge in [0.1, 0.15) is 0 Å². The van der Waals surface area contributed by atoms with Crippen molar-refractivity contribution >= 4 is 5.91 Å². The van der Waals surface area contributed by atoms with Crippen LogP contribution in [-0.4, -0.2) is 5.91 Å². The normalized spacial score (nSPS) is 20.8. The highest BCUT2D eigenvalue weighted by Gasteiger charge is 2.28. The zero-order valence-electron chi connectivity index (χ0n) is 6.08. The Morgan fingerprint density at radius 2 is 2.17 bits per heavy atom. The third kappa shape index (κ3) is 0.922. The fourth-order valence-corrected chi connectivity index (χ4v) is 1.08. The van der Waals surface area contributed by atoms with Gasteiger partial charge >= 0.3 is 0 Å². The molecular formula is C8H6FNO2. The number of fused-ring (bicyclic) bond motifs is 1. The summed E-state index contributed by atoms with van der Waals surface area (Å²) in [6.07, 6.45) is -1.62. The molecule has 1 atom stereocenters. The molecule has 1 amide bonds. The van der Waals surface area contributed by atoms with Crippen LogP contribution in [0.5, 0.6) is 5.75 Å². The lowest BCUT2D eigenvalue weighted by atomic mass is 10.1. The van der Waals surface area contributed by atoms with Gasteiger partial charge < -0.3 is 4.84 Å². The molecule has 1 aliphatic rings. The highest BCUT2D eigenvalue weighted by molar-refractivity contribution is 5.83. The number of para-hydroxylation sites is 1. The van der Waals surface area contributed by atoms with Crippen LogP contribution in [0.15, 0.2) is 24.3 Å². The second-order valence-electron chi connectivity index (χ2n) is 2.47. The smallest absolute Gasteiger partial charge is 0.291 e. The Labute approximate surface area is 68.1 Å². The SMILES string of the molecule is O=C1NOc2ccccc2C1F. The number of hydrogen-bond donors (Lipinski definition) is 1. The van der Waals surface area contributed by atoms with Crippen molar-refractivity contribution in [3.8, 4) is 5.75 Å². The van der Waals surface area contributed by atoms with Crippen LogP contribution < -0.4 is 10.3 Å². The van der Waals surface area contributed by atoms with E-state index in [0.717, 1.165) is 0 Å². The summed E-state index contributed by atoms with van der Waals surface area (Å²) in [6.45, 7) is 0. The summed E-state index contributed by atoms with van der Waals surface area (Å²) in [5.74, 6) is -0.390. The van der Waals surface area contributed by atoms with E-state index >= 15 is 0 Å². The van der Waals surface area contributed by atoms with Crippen LogP contribution in [0.4, 0.5) is 4.39 Å². The number of benzene rings is 1. The average Bonchev–Trinajstić information content (AvgIpc) is 2.12. The molecule has 0 fully saturated rings. The number of rotatable bonds is 0. The van der Waals surface area contributed by atoms with Gasteiger partial charge in [0.05, 0.1) is 0 Å². The number of halogens is 1. The first-order valence-electron chi connectivity index (χ1n) is 3.49. The second kappa shape index (κ2) is 2.48. The van der Waals surface area contributed by atoms with Crippen molar-refractivity contribution < 1.29 is 14.0 Å². The van der Waals surface area contributed by atoms with Crippen LogP contribution in [0.2, 0.25) is 0 Å². The number of carbonyl (C=O) groups excluding carboxylic acids is 1. The standard InChI is InChI=1S/C8H6FNO2/c9-7-5-3-1-2-4-6(5)12-10-8(7)11/h1-4,7H,(H,10,11). The molecule has 1 aromatic carbocycles. The summed E-state index contributed by atoms with van der Waals surface area (Å²) in [5.41, 5.74) is 2.25. The summed E-state index contributed by atoms with van der Waals surface area (Å²) >= 11 is 0. The van der Waals surface area contributed by atoms with Gasteiger partial charge in [-0.25, -0.2) is 4.39 Å². The van der Waals surface area contributed by atoms with Crippen molar-refractivity contribution in [1.82, 2.24) is 5.48 Å². The molecule has 0 spiro atoms. The molecular weight excluding hydrogens is 161 g/mol. The second-order valence-corrected chi connectivity index (χ2v) is 2.47. The van der Waals surface area contributed by atoms with Gasteiger partial charge in [0.2, 0.25) is 6.17 Å². The van der Waals surface area contributed by atoms with E-state index in [1.807, 2.05) is 5.48 Å². The van der Waals surface area contributed by atoms with Crippen molar-refractivity contribution in [3.63, 3.8) is 0 Å². The molecule has 0 bridgehead atoms. The number of amides is 1. The van der Waals surface area contributed by atoms with E-state index in [-0.39, 0.29) is 5.56 Å². The Kier molecular flexibility index (Phi) is 1.46. The highest BCUT2D eigenvalue weighted by atomic mass is 19.1. The van der Waals surface area contributed by atoms with Crippen LogP contribution in [-0.2, 0) is 4.79 Å². The monoisotopic (exact) mass is 167 g/mol. The quantitative estimate of drug-likeness (QED) is 0.628. The maximum atomic E-state index is 13.1. The van der Waals surface area contributed by atoms with E-state index in [9.17, 15) is 9.18 Å². The zero-order valence-corrected chi connectivity index (χ0v) is 6.08. The predicted molar refractivity (Wildman–Crippen MR) is 39.1 cm³/mol. The summed E-state index contributed by atoms with van der Waals surface area (Å²) < 4.78 is 13.1. The minimum atomic E-state index is -1.62. The van der Waals surface area contributed by atoms with Crippen molar-refractivity contribution in [1.29, 1.82) is 0 Å². The fraction of sp³-hybridized carbons (Fsp3) is 0.125. The first kappa shape index (κ1) is 7.09. The summed E-state index contributed by atoms with van der Waals surface area (Å²) in [5, 5.41) is 0. The van der Waals surface area contributed by atoms with Gasteiger partial charge in [0, 0.05) is 5.56 Å². The first-order chi connectivity index (χ1) is 5.79. The summed E-state index contributed by atoms with van der Waals surface area (Å²) in [6, 6.07) is 6.50. The van der Waals surface area contributed by atoms with Crippen molar-refractivity contribution in [2.24, 2.45) is 0 Å². The fourth-order valence-electron chi connectivity index (χ4n) is 1.08. The van der Waals surface area contributed by atoms with Crippen molar-refractivity contribution in [2.75, 3.05) is 0 Å². The molecule has 62 valence electrons. The summed E-state index contributed by atoms with van der Waals surface area (Å²) in [7, 11) is 0. The van der Waals surface area contributed by atoms with Crippen LogP contribution in [0, 0.1) is 0 Å². The van der Waals surface area contributed by atoms with Crippen molar-refractivity contribution in [2.45, 2.75) is 6.17 Å². The lowest BCUT2D eigenvalue weighted by molar-refractivity contribution is -0.135. The van der Waals surface area contributed by atoms with Crippen LogP contribution in [0.1, 0.15) is 11.7 Å². The van der Waals surface area contributed by atoms with Gasteiger partial charge in [-0.1, -0.05) is 18.2 Å². The maximum Gasteiger partial charge on any atom is 0.291 e. The molecule has 1 N–H and O–H groups in total. The number of alkyl halides is 1. The zero-order chi connectivity index (χ0) is 8.55. The van der Waals surface area contributed by atoms with E-state index in [0.29, 0.717) is 5.75 Å². The number of hydroxylamine groups is 1. The van der Waals surface area contributed by atoms with Crippen LogP contribution in [0.3, 0.4) is 0 Å². The molecule has 1 heterocycles. The molecule has 1 unspecified atom stereocenters. The third-order valence-corrected chi connectivity index (χ3v) is 1.68. The largest absolute Gasteiger partial charge is 0.379 e. The number of nitrogens with one attached hydrogen (secondary N) is 1. The Morgan fingerprint density at radius 3 is 3.00 bits per heavy atom. The predicted octanol–water partition coefficient (Wildman–Crippen LogP) is 1.12. The van der Waals surface area contributed by atoms with Crippen LogP contribution >= 0.6 is 0 Å². The Hall–Kier alpha value is -1.58. The Balaban J connectivity index is 2.48. The molecule has 3 nitrogen and oxygen atoms in total. The summed E-state index contributed by atoms with van der Waals surface area (Å²) in [4.78, 5) is 15.5. The van der Waals surface area contributed by atoms with Gasteiger partial charge in [-0.3, -0.25) is 4.79 Å². The Bertz CT molecular complexity index is 327. The van der Waals surface area contributed by atoms with E-state index in [1.54, 1.807) is 18.2 Å². The molecule has 0 aliphatic carbocycles. The van der Waals surface area contributed by atoms with E-state index in [2.05, 4.69) is 0 Å². The van der Waals surface area contributed by atoms with E-state index in [4.69, 9.17) is 4.84 Å². The third-order valence-electron chi connectivity index (χ3n) is 1.68. The highest BCUT2D eigenvalue weighted by Crippen LogP contribution is 2.30. The van der Waals surface area contributed by atoms with E-state index < -0.39 is 12.1 Å². The molecule has 0 saturated heterocycles. The van der Waals surface area contributed by atoms with Gasteiger partial charge in [-0.15, -0.1) is 0 Å². The lowest BCUT2D eigenvalue weighted by Gasteiger charge is -2.19. The maximum absolute atomic E-state index is 13.1. The molecule has 1 aliphatic heterocycles. The van der Waals surface area contributed by atoms with Gasteiger partial charge in [0.15, 0.2) is 5.75 Å². The van der Waals surface area contributed by atoms with Crippen LogP contribution in [0.25, 0.3) is 0 Å². The first-order valence-corrected chi connectivity index (χ1v) is 3.49. The molecule has 1 aromatic rings. The lowest BCUT2D eigenvalue weighted by Crippen LogP contribution is -2.35. The molecule has 0 saturated carbocycles. The van der Waals surface area contributed by atoms with Gasteiger partial charge in [0.25, 0.3) is 5.91 Å². The minimum absolute atomic E-state index is 0.279. The Morgan fingerprint density at radius 1 is 1.42 bits per heavy atom. The van der Waals surface area contributed by atoms with E-state index in [1.165, 1.54) is 6.07 Å². The van der Waals surface area contributed by atoms with Gasteiger partial charge in [-0.2, -0.15) is 5.48 Å². The molecule has 12 heavy (non-hydrogen) atoms. The van der Waals surface area contributed by atoms with Crippen molar-refractivity contribution in [3.05, 3.63) is 29.8 Å².